The second-order valence-corrected chi connectivity index (χ2v) is 12.3. The summed E-state index contributed by atoms with van der Waals surface area (Å²) in [6.07, 6.45) is 1.78. The topological polar surface area (TPSA) is 85.4 Å². The number of hydrogen-bond donors (Lipinski definition) is 3. The molecular formula is C35H43N7O. The Bertz CT molecular complexity index is 1520. The van der Waals surface area contributed by atoms with Gasteiger partial charge in [0.1, 0.15) is 5.82 Å². The first-order valence-electron chi connectivity index (χ1n) is 15.6. The van der Waals surface area contributed by atoms with E-state index in [0.717, 1.165) is 79.5 Å². The molecule has 0 bridgehead atoms. The van der Waals surface area contributed by atoms with Gasteiger partial charge in [-0.2, -0.15) is 4.98 Å². The molecule has 6 rings (SSSR count). The van der Waals surface area contributed by atoms with E-state index >= 15 is 0 Å². The average Bonchev–Trinajstić information content (AvgIpc) is 3.01. The van der Waals surface area contributed by atoms with Crippen molar-refractivity contribution in [3.05, 3.63) is 89.5 Å². The normalized spacial score (nSPS) is 19.8. The molecule has 0 unspecified atom stereocenters. The average molecular weight is 578 g/mol. The molecule has 2 atom stereocenters. The molecular weight excluding hydrogens is 534 g/mol. The maximum absolute atomic E-state index is 13.0. The van der Waals surface area contributed by atoms with E-state index in [1.54, 1.807) is 0 Å². The van der Waals surface area contributed by atoms with Crippen LogP contribution in [0.5, 0.6) is 0 Å². The fourth-order valence-electron chi connectivity index (χ4n) is 6.33. The standard InChI is InChI=1S/C35H43N7O/c1-24-9-14-32-31(19-24)33(40-35(39-32)42-21-25(2)37-26(3)22-42)36-20-27-10-12-30(13-11-27)38-34(43)29-15-17-41(18-16-29)23-28-7-5-4-6-8-28/h4-14,19,25-26,29,37H,15-18,20-23H2,1-3H3,(H,38,43)(H,36,39,40)/t25-,26+. The van der Waals surface area contributed by atoms with Gasteiger partial charge in [0, 0.05) is 55.3 Å². The summed E-state index contributed by atoms with van der Waals surface area (Å²) in [4.78, 5) is 27.7. The predicted molar refractivity (Wildman–Crippen MR) is 175 cm³/mol. The quantitative estimate of drug-likeness (QED) is 0.252. The van der Waals surface area contributed by atoms with Gasteiger partial charge in [-0.1, -0.05) is 54.1 Å². The lowest BCUT2D eigenvalue weighted by molar-refractivity contribution is -0.121. The van der Waals surface area contributed by atoms with Crippen LogP contribution in [0.15, 0.2) is 72.8 Å². The third-order valence-corrected chi connectivity index (χ3v) is 8.57. The number of nitrogens with one attached hydrogen (secondary N) is 3. The second kappa shape index (κ2) is 13.1. The zero-order valence-electron chi connectivity index (χ0n) is 25.5. The molecule has 2 aliphatic rings. The minimum absolute atomic E-state index is 0.0544. The molecule has 1 aromatic heterocycles. The van der Waals surface area contributed by atoms with E-state index in [1.807, 2.05) is 12.1 Å². The fourth-order valence-corrected chi connectivity index (χ4v) is 6.33. The number of carbonyl (C=O) groups excluding carboxylic acids is 1. The molecule has 3 aromatic carbocycles. The highest BCUT2D eigenvalue weighted by molar-refractivity contribution is 5.93. The summed E-state index contributed by atoms with van der Waals surface area (Å²) in [6, 6.07) is 25.8. The van der Waals surface area contributed by atoms with Crippen LogP contribution in [0.3, 0.4) is 0 Å². The van der Waals surface area contributed by atoms with E-state index in [1.165, 1.54) is 11.1 Å². The van der Waals surface area contributed by atoms with Crippen molar-refractivity contribution in [1.29, 1.82) is 0 Å². The Balaban J connectivity index is 1.06. The number of hydrogen-bond acceptors (Lipinski definition) is 7. The number of piperazine rings is 1. The van der Waals surface area contributed by atoms with Crippen LogP contribution in [0, 0.1) is 12.8 Å². The lowest BCUT2D eigenvalue weighted by Gasteiger charge is -2.36. The van der Waals surface area contributed by atoms with Gasteiger partial charge in [0.25, 0.3) is 0 Å². The molecule has 0 radical (unpaired) electrons. The molecule has 3 N–H and O–H groups in total. The van der Waals surface area contributed by atoms with Gasteiger partial charge >= 0.3 is 0 Å². The van der Waals surface area contributed by atoms with Gasteiger partial charge in [-0.05, 0) is 82.1 Å². The third kappa shape index (κ3) is 7.32. The van der Waals surface area contributed by atoms with Crippen molar-refractivity contribution in [2.24, 2.45) is 5.92 Å². The van der Waals surface area contributed by atoms with Gasteiger partial charge < -0.3 is 20.9 Å². The maximum atomic E-state index is 13.0. The van der Waals surface area contributed by atoms with Crippen molar-refractivity contribution >= 4 is 34.3 Å². The van der Waals surface area contributed by atoms with Crippen LogP contribution in [-0.2, 0) is 17.9 Å². The number of anilines is 3. The van der Waals surface area contributed by atoms with Gasteiger partial charge in [0.15, 0.2) is 0 Å². The summed E-state index contributed by atoms with van der Waals surface area (Å²) in [5, 5.41) is 11.3. The molecule has 0 saturated carbocycles. The smallest absolute Gasteiger partial charge is 0.228 e. The number of carbonyl (C=O) groups is 1. The van der Waals surface area contributed by atoms with Crippen molar-refractivity contribution in [1.82, 2.24) is 20.2 Å². The molecule has 43 heavy (non-hydrogen) atoms. The van der Waals surface area contributed by atoms with E-state index in [-0.39, 0.29) is 11.8 Å². The maximum Gasteiger partial charge on any atom is 0.228 e. The molecule has 224 valence electrons. The molecule has 0 aliphatic carbocycles. The highest BCUT2D eigenvalue weighted by Gasteiger charge is 2.26. The van der Waals surface area contributed by atoms with Crippen molar-refractivity contribution < 1.29 is 4.79 Å². The van der Waals surface area contributed by atoms with E-state index in [2.05, 4.69) is 107 Å². The van der Waals surface area contributed by atoms with Crippen LogP contribution in [0.1, 0.15) is 43.4 Å². The Kier molecular flexibility index (Phi) is 8.86. The first-order valence-corrected chi connectivity index (χ1v) is 15.6. The van der Waals surface area contributed by atoms with Crippen LogP contribution in [0.25, 0.3) is 10.9 Å². The number of amides is 1. The van der Waals surface area contributed by atoms with Gasteiger partial charge in [0.2, 0.25) is 11.9 Å². The summed E-state index contributed by atoms with van der Waals surface area (Å²) in [7, 11) is 0. The lowest BCUT2D eigenvalue weighted by atomic mass is 9.95. The molecule has 2 fully saturated rings. The van der Waals surface area contributed by atoms with Crippen molar-refractivity contribution in [3.8, 4) is 0 Å². The molecule has 1 amide bonds. The second-order valence-electron chi connectivity index (χ2n) is 12.3. The molecule has 4 aromatic rings. The minimum Gasteiger partial charge on any atom is -0.365 e. The van der Waals surface area contributed by atoms with Crippen LogP contribution in [0.2, 0.25) is 0 Å². The Labute approximate surface area is 254 Å². The number of aryl methyl sites for hydroxylation is 1. The lowest BCUT2D eigenvalue weighted by Crippen LogP contribution is -2.54. The third-order valence-electron chi connectivity index (χ3n) is 8.57. The summed E-state index contributed by atoms with van der Waals surface area (Å²) in [6.45, 7) is 11.7. The summed E-state index contributed by atoms with van der Waals surface area (Å²) in [5.74, 6) is 1.79. The van der Waals surface area contributed by atoms with Gasteiger partial charge in [0.05, 0.1) is 5.52 Å². The van der Waals surface area contributed by atoms with Crippen molar-refractivity contribution in [2.75, 3.05) is 41.7 Å². The number of nitrogens with zero attached hydrogens (tertiary/aromatic N) is 4. The molecule has 8 heteroatoms. The highest BCUT2D eigenvalue weighted by Crippen LogP contribution is 2.27. The monoisotopic (exact) mass is 577 g/mol. The Morgan fingerprint density at radius 3 is 2.35 bits per heavy atom. The van der Waals surface area contributed by atoms with Crippen LogP contribution < -0.4 is 20.9 Å². The molecule has 8 nitrogen and oxygen atoms in total. The number of benzene rings is 3. The molecule has 0 spiro atoms. The number of piperidine rings is 1. The highest BCUT2D eigenvalue weighted by atomic mass is 16.1. The zero-order valence-corrected chi connectivity index (χ0v) is 25.5. The number of aromatic nitrogens is 2. The van der Waals surface area contributed by atoms with Gasteiger partial charge in [-0.25, -0.2) is 4.98 Å². The van der Waals surface area contributed by atoms with Gasteiger partial charge in [-0.3, -0.25) is 9.69 Å². The van der Waals surface area contributed by atoms with E-state index in [4.69, 9.17) is 9.97 Å². The van der Waals surface area contributed by atoms with Crippen LogP contribution >= 0.6 is 0 Å². The summed E-state index contributed by atoms with van der Waals surface area (Å²) < 4.78 is 0. The Morgan fingerprint density at radius 1 is 0.907 bits per heavy atom. The van der Waals surface area contributed by atoms with Crippen LogP contribution in [0.4, 0.5) is 17.5 Å². The fraction of sp³-hybridized carbons (Fsp3) is 0.400. The van der Waals surface area contributed by atoms with Crippen LogP contribution in [-0.4, -0.2) is 59.0 Å². The Morgan fingerprint density at radius 2 is 1.63 bits per heavy atom. The van der Waals surface area contributed by atoms with Gasteiger partial charge in [-0.15, -0.1) is 0 Å². The number of likely N-dealkylation sites (tertiary alicyclic amines) is 1. The molecule has 3 heterocycles. The SMILES string of the molecule is Cc1ccc2nc(N3C[C@@H](C)N[C@@H](C)C3)nc(NCc3ccc(NC(=O)C4CCN(Cc5ccccc5)CC4)cc3)c2c1. The Hall–Kier alpha value is -4.01. The van der Waals surface area contributed by atoms with E-state index in [9.17, 15) is 4.79 Å². The first kappa shape index (κ1) is 29.1. The molecule has 2 aliphatic heterocycles. The van der Waals surface area contributed by atoms with Crippen molar-refractivity contribution in [3.63, 3.8) is 0 Å². The minimum atomic E-state index is 0.0544. The first-order chi connectivity index (χ1) is 20.9. The predicted octanol–water partition coefficient (Wildman–Crippen LogP) is 5.59. The number of fused-ring (bicyclic) bond motifs is 1. The zero-order chi connectivity index (χ0) is 29.8. The molecule has 2 saturated heterocycles. The van der Waals surface area contributed by atoms with Crippen molar-refractivity contribution in [2.45, 2.75) is 58.8 Å². The summed E-state index contributed by atoms with van der Waals surface area (Å²) in [5.41, 5.74) is 5.41. The van der Waals surface area contributed by atoms with E-state index in [0.29, 0.717) is 18.6 Å². The van der Waals surface area contributed by atoms with E-state index < -0.39 is 0 Å². The largest absolute Gasteiger partial charge is 0.365 e. The number of rotatable bonds is 8. The summed E-state index contributed by atoms with van der Waals surface area (Å²) >= 11 is 0.